The number of carbonyl (C=O) groups is 1. The molecule has 2 aliphatic rings. The van der Waals surface area contributed by atoms with E-state index < -0.39 is 5.79 Å². The zero-order valence-electron chi connectivity index (χ0n) is 15.0. The summed E-state index contributed by atoms with van der Waals surface area (Å²) in [6.07, 6.45) is 5.70. The normalized spacial score (nSPS) is 21.9. The predicted octanol–water partition coefficient (Wildman–Crippen LogP) is 2.44. The second-order valence-corrected chi connectivity index (χ2v) is 6.69. The molecule has 2 fully saturated rings. The van der Waals surface area contributed by atoms with Gasteiger partial charge in [0.1, 0.15) is 6.10 Å². The van der Waals surface area contributed by atoms with Gasteiger partial charge in [0, 0.05) is 19.4 Å². The SMILES string of the molecule is COc1ccc(CC(=O)NC[C@@H]2COC3(CCCCC3)O2)cc1OC. The lowest BCUT2D eigenvalue weighted by molar-refractivity contribution is -0.186. The van der Waals surface area contributed by atoms with Crippen LogP contribution in [0.25, 0.3) is 0 Å². The largest absolute Gasteiger partial charge is 0.493 e. The molecule has 1 spiro atoms. The van der Waals surface area contributed by atoms with Gasteiger partial charge in [-0.3, -0.25) is 4.79 Å². The first-order valence-electron chi connectivity index (χ1n) is 8.93. The summed E-state index contributed by atoms with van der Waals surface area (Å²) in [7, 11) is 3.17. The molecule has 3 rings (SSSR count). The van der Waals surface area contributed by atoms with Crippen molar-refractivity contribution < 1.29 is 23.7 Å². The van der Waals surface area contributed by atoms with Crippen molar-refractivity contribution in [2.24, 2.45) is 0 Å². The van der Waals surface area contributed by atoms with Gasteiger partial charge in [0.2, 0.25) is 5.91 Å². The molecule has 1 aliphatic heterocycles. The highest BCUT2D eigenvalue weighted by Crippen LogP contribution is 2.37. The third-order valence-electron chi connectivity index (χ3n) is 4.87. The second-order valence-electron chi connectivity index (χ2n) is 6.69. The van der Waals surface area contributed by atoms with Crippen LogP contribution in [0.3, 0.4) is 0 Å². The molecule has 6 heteroatoms. The number of amides is 1. The van der Waals surface area contributed by atoms with Gasteiger partial charge >= 0.3 is 0 Å². The maximum Gasteiger partial charge on any atom is 0.224 e. The van der Waals surface area contributed by atoms with Gasteiger partial charge < -0.3 is 24.3 Å². The van der Waals surface area contributed by atoms with Crippen molar-refractivity contribution in [1.82, 2.24) is 5.32 Å². The molecule has 6 nitrogen and oxygen atoms in total. The molecule has 25 heavy (non-hydrogen) atoms. The topological polar surface area (TPSA) is 66.0 Å². The van der Waals surface area contributed by atoms with Crippen LogP contribution >= 0.6 is 0 Å². The summed E-state index contributed by atoms with van der Waals surface area (Å²) < 4.78 is 22.5. The summed E-state index contributed by atoms with van der Waals surface area (Å²) in [6.45, 7) is 1.03. The minimum absolute atomic E-state index is 0.0413. The van der Waals surface area contributed by atoms with E-state index in [1.54, 1.807) is 14.2 Å². The number of carbonyl (C=O) groups excluding carboxylic acids is 1. The highest BCUT2D eigenvalue weighted by atomic mass is 16.7. The lowest BCUT2D eigenvalue weighted by Crippen LogP contribution is -2.37. The number of methoxy groups -OCH3 is 2. The van der Waals surface area contributed by atoms with E-state index in [0.717, 1.165) is 31.2 Å². The number of hydrogen-bond acceptors (Lipinski definition) is 5. The fraction of sp³-hybridized carbons (Fsp3) is 0.632. The smallest absolute Gasteiger partial charge is 0.224 e. The quantitative estimate of drug-likeness (QED) is 0.854. The van der Waals surface area contributed by atoms with E-state index in [4.69, 9.17) is 18.9 Å². The summed E-state index contributed by atoms with van der Waals surface area (Å²) in [5.74, 6) is 0.845. The van der Waals surface area contributed by atoms with E-state index in [1.165, 1.54) is 6.42 Å². The Hall–Kier alpha value is -1.79. The number of benzene rings is 1. The minimum atomic E-state index is -0.392. The van der Waals surface area contributed by atoms with Crippen molar-refractivity contribution in [1.29, 1.82) is 0 Å². The molecule has 0 aromatic heterocycles. The van der Waals surface area contributed by atoms with Gasteiger partial charge in [0.15, 0.2) is 17.3 Å². The Labute approximate surface area is 148 Å². The highest BCUT2D eigenvalue weighted by molar-refractivity contribution is 5.78. The predicted molar refractivity (Wildman–Crippen MR) is 92.9 cm³/mol. The number of rotatable bonds is 6. The van der Waals surface area contributed by atoms with Crippen LogP contribution in [0.2, 0.25) is 0 Å². The van der Waals surface area contributed by atoms with Crippen LogP contribution in [0.1, 0.15) is 37.7 Å². The highest BCUT2D eigenvalue weighted by Gasteiger charge is 2.42. The second kappa shape index (κ2) is 8.06. The molecule has 0 bridgehead atoms. The molecule has 1 saturated carbocycles. The van der Waals surface area contributed by atoms with Crippen molar-refractivity contribution in [3.8, 4) is 11.5 Å². The van der Waals surface area contributed by atoms with Crippen LogP contribution in [-0.2, 0) is 20.7 Å². The molecular formula is C19H27NO5. The fourth-order valence-corrected chi connectivity index (χ4v) is 3.54. The Balaban J connectivity index is 1.47. The van der Waals surface area contributed by atoms with Crippen LogP contribution < -0.4 is 14.8 Å². The van der Waals surface area contributed by atoms with Gasteiger partial charge in [-0.1, -0.05) is 12.5 Å². The number of nitrogens with one attached hydrogen (secondary N) is 1. The molecule has 1 aromatic rings. The van der Waals surface area contributed by atoms with Crippen molar-refractivity contribution in [3.05, 3.63) is 23.8 Å². The molecule has 0 unspecified atom stereocenters. The summed E-state index contributed by atoms with van der Waals surface area (Å²) >= 11 is 0. The van der Waals surface area contributed by atoms with E-state index in [0.29, 0.717) is 31.1 Å². The van der Waals surface area contributed by atoms with Gasteiger partial charge in [-0.15, -0.1) is 0 Å². The first kappa shape index (κ1) is 18.0. The van der Waals surface area contributed by atoms with E-state index in [9.17, 15) is 4.79 Å². The molecule has 1 aromatic carbocycles. The van der Waals surface area contributed by atoms with Crippen LogP contribution in [-0.4, -0.2) is 45.2 Å². The summed E-state index contributed by atoms with van der Waals surface area (Å²) in [4.78, 5) is 12.2. The Morgan fingerprint density at radius 2 is 1.96 bits per heavy atom. The zero-order valence-corrected chi connectivity index (χ0v) is 15.0. The first-order valence-corrected chi connectivity index (χ1v) is 8.93. The minimum Gasteiger partial charge on any atom is -0.493 e. The standard InChI is InChI=1S/C19H27NO5/c1-22-16-7-6-14(10-17(16)23-2)11-18(21)20-12-15-13-24-19(25-15)8-4-3-5-9-19/h6-7,10,15H,3-5,8-9,11-13H2,1-2H3,(H,20,21)/t15-/m1/s1. The fourth-order valence-electron chi connectivity index (χ4n) is 3.54. The third-order valence-corrected chi connectivity index (χ3v) is 4.87. The van der Waals surface area contributed by atoms with Crippen molar-refractivity contribution in [2.45, 2.75) is 50.4 Å². The molecule has 0 radical (unpaired) electrons. The van der Waals surface area contributed by atoms with E-state index in [-0.39, 0.29) is 12.0 Å². The molecule has 1 saturated heterocycles. The lowest BCUT2D eigenvalue weighted by Gasteiger charge is -2.31. The molecular weight excluding hydrogens is 322 g/mol. The summed E-state index contributed by atoms with van der Waals surface area (Å²) in [5.41, 5.74) is 0.877. The average Bonchev–Trinajstić information content (AvgIpc) is 3.02. The van der Waals surface area contributed by atoms with Crippen LogP contribution in [0.5, 0.6) is 11.5 Å². The van der Waals surface area contributed by atoms with Gasteiger partial charge in [-0.05, 0) is 30.5 Å². The molecule has 1 heterocycles. The molecule has 1 N–H and O–H groups in total. The Morgan fingerprint density at radius 3 is 2.68 bits per heavy atom. The Kier molecular flexibility index (Phi) is 5.81. The van der Waals surface area contributed by atoms with Gasteiger partial charge in [0.25, 0.3) is 0 Å². The Bertz CT molecular complexity index is 597. The van der Waals surface area contributed by atoms with Crippen molar-refractivity contribution in [3.63, 3.8) is 0 Å². The number of hydrogen-bond donors (Lipinski definition) is 1. The van der Waals surface area contributed by atoms with E-state index >= 15 is 0 Å². The van der Waals surface area contributed by atoms with E-state index in [1.807, 2.05) is 18.2 Å². The van der Waals surface area contributed by atoms with Crippen molar-refractivity contribution in [2.75, 3.05) is 27.4 Å². The Morgan fingerprint density at radius 1 is 1.20 bits per heavy atom. The summed E-state index contributed by atoms with van der Waals surface area (Å²) in [6, 6.07) is 5.50. The van der Waals surface area contributed by atoms with Gasteiger partial charge in [-0.25, -0.2) is 0 Å². The van der Waals surface area contributed by atoms with Crippen molar-refractivity contribution >= 4 is 5.91 Å². The van der Waals surface area contributed by atoms with Crippen LogP contribution in [0.4, 0.5) is 0 Å². The third kappa shape index (κ3) is 4.44. The van der Waals surface area contributed by atoms with Gasteiger partial charge in [0.05, 0.1) is 27.2 Å². The summed E-state index contributed by atoms with van der Waals surface area (Å²) in [5, 5.41) is 2.95. The molecule has 138 valence electrons. The monoisotopic (exact) mass is 349 g/mol. The average molecular weight is 349 g/mol. The number of ether oxygens (including phenoxy) is 4. The molecule has 1 atom stereocenters. The van der Waals surface area contributed by atoms with Crippen LogP contribution in [0, 0.1) is 0 Å². The molecule has 1 amide bonds. The maximum absolute atomic E-state index is 12.2. The van der Waals surface area contributed by atoms with Gasteiger partial charge in [-0.2, -0.15) is 0 Å². The van der Waals surface area contributed by atoms with E-state index in [2.05, 4.69) is 5.32 Å². The maximum atomic E-state index is 12.2. The zero-order chi connectivity index (χ0) is 17.7. The first-order chi connectivity index (χ1) is 12.1. The molecule has 1 aliphatic carbocycles. The van der Waals surface area contributed by atoms with Crippen LogP contribution in [0.15, 0.2) is 18.2 Å². The lowest BCUT2D eigenvalue weighted by atomic mass is 9.94.